The molecule has 0 bridgehead atoms. The zero-order valence-corrected chi connectivity index (χ0v) is 10.0. The second-order valence-corrected chi connectivity index (χ2v) is 4.31. The van der Waals surface area contributed by atoms with Gasteiger partial charge in [-0.25, -0.2) is 0 Å². The van der Waals surface area contributed by atoms with E-state index in [9.17, 15) is 18.3 Å². The highest BCUT2D eigenvalue weighted by molar-refractivity contribution is 5.26. The molecule has 1 aromatic rings. The van der Waals surface area contributed by atoms with Crippen LogP contribution in [0.1, 0.15) is 37.8 Å². The second-order valence-electron chi connectivity index (χ2n) is 4.31. The Morgan fingerprint density at radius 2 is 1.71 bits per heavy atom. The standard InChI is InChI=1S/C13H17F3O/c1-3-12(17,4-2)9-10-6-5-7-11(8-10)13(14,15)16/h5-8,17H,3-4,9H2,1-2H3. The SMILES string of the molecule is CCC(O)(CC)Cc1cccc(C(F)(F)F)c1. The second kappa shape index (κ2) is 5.08. The molecule has 0 amide bonds. The fourth-order valence-corrected chi connectivity index (χ4v) is 1.74. The molecule has 0 aromatic heterocycles. The van der Waals surface area contributed by atoms with Crippen molar-refractivity contribution in [3.63, 3.8) is 0 Å². The molecule has 1 N–H and O–H groups in total. The fraction of sp³-hybridized carbons (Fsp3) is 0.538. The van der Waals surface area contributed by atoms with E-state index < -0.39 is 17.3 Å². The van der Waals surface area contributed by atoms with Crippen molar-refractivity contribution >= 4 is 0 Å². The predicted octanol–water partition coefficient (Wildman–Crippen LogP) is 3.80. The molecule has 0 radical (unpaired) electrons. The van der Waals surface area contributed by atoms with Crippen molar-refractivity contribution in [2.24, 2.45) is 0 Å². The summed E-state index contributed by atoms with van der Waals surface area (Å²) in [6, 6.07) is 5.15. The molecule has 0 fully saturated rings. The molecule has 0 heterocycles. The highest BCUT2D eigenvalue weighted by atomic mass is 19.4. The predicted molar refractivity (Wildman–Crippen MR) is 60.7 cm³/mol. The van der Waals surface area contributed by atoms with Gasteiger partial charge in [0.15, 0.2) is 0 Å². The van der Waals surface area contributed by atoms with Crippen LogP contribution in [0.2, 0.25) is 0 Å². The smallest absolute Gasteiger partial charge is 0.390 e. The zero-order chi connectivity index (χ0) is 13.1. The number of halogens is 3. The Bertz CT molecular complexity index is 367. The average Bonchev–Trinajstić information content (AvgIpc) is 2.28. The lowest BCUT2D eigenvalue weighted by molar-refractivity contribution is -0.137. The van der Waals surface area contributed by atoms with Crippen molar-refractivity contribution in [1.82, 2.24) is 0 Å². The summed E-state index contributed by atoms with van der Waals surface area (Å²) in [6.07, 6.45) is -3.02. The monoisotopic (exact) mass is 246 g/mol. The van der Waals surface area contributed by atoms with Crippen molar-refractivity contribution in [2.45, 2.75) is 44.9 Å². The van der Waals surface area contributed by atoms with Gasteiger partial charge in [-0.3, -0.25) is 0 Å². The molecule has 0 saturated heterocycles. The first-order chi connectivity index (χ1) is 7.80. The van der Waals surface area contributed by atoms with Gasteiger partial charge >= 0.3 is 6.18 Å². The number of hydrogen-bond acceptors (Lipinski definition) is 1. The van der Waals surface area contributed by atoms with Crippen LogP contribution in [0.3, 0.4) is 0 Å². The van der Waals surface area contributed by atoms with Crippen molar-refractivity contribution in [3.05, 3.63) is 35.4 Å². The Morgan fingerprint density at radius 1 is 1.12 bits per heavy atom. The molecule has 96 valence electrons. The lowest BCUT2D eigenvalue weighted by atomic mass is 9.89. The van der Waals surface area contributed by atoms with Crippen LogP contribution in [0, 0.1) is 0 Å². The molecule has 17 heavy (non-hydrogen) atoms. The first-order valence-corrected chi connectivity index (χ1v) is 5.69. The quantitative estimate of drug-likeness (QED) is 0.856. The third-order valence-corrected chi connectivity index (χ3v) is 3.10. The van der Waals surface area contributed by atoms with Crippen LogP contribution in [-0.2, 0) is 12.6 Å². The molecule has 1 aromatic carbocycles. The zero-order valence-electron chi connectivity index (χ0n) is 10.0. The van der Waals surface area contributed by atoms with E-state index in [0.717, 1.165) is 12.1 Å². The summed E-state index contributed by atoms with van der Waals surface area (Å²) >= 11 is 0. The summed E-state index contributed by atoms with van der Waals surface area (Å²) < 4.78 is 37.5. The Kier molecular flexibility index (Phi) is 4.20. The lowest BCUT2D eigenvalue weighted by Crippen LogP contribution is -2.29. The molecule has 1 nitrogen and oxygen atoms in total. The molecule has 0 atom stereocenters. The maximum atomic E-state index is 12.5. The molecular weight excluding hydrogens is 229 g/mol. The number of hydrogen-bond donors (Lipinski definition) is 1. The molecule has 4 heteroatoms. The van der Waals surface area contributed by atoms with Crippen LogP contribution < -0.4 is 0 Å². The van der Waals surface area contributed by atoms with E-state index in [1.807, 2.05) is 13.8 Å². The third kappa shape index (κ3) is 3.73. The third-order valence-electron chi connectivity index (χ3n) is 3.10. The van der Waals surface area contributed by atoms with Gasteiger partial charge in [0, 0.05) is 6.42 Å². The molecule has 0 aliphatic rings. The summed E-state index contributed by atoms with van der Waals surface area (Å²) in [5.41, 5.74) is -1.06. The molecule has 0 unspecified atom stereocenters. The topological polar surface area (TPSA) is 20.2 Å². The fourth-order valence-electron chi connectivity index (χ4n) is 1.74. The number of benzene rings is 1. The normalized spacial score (nSPS) is 12.8. The minimum atomic E-state index is -4.33. The van der Waals surface area contributed by atoms with Crippen LogP contribution in [0.15, 0.2) is 24.3 Å². The van der Waals surface area contributed by atoms with Crippen LogP contribution in [0.25, 0.3) is 0 Å². The minimum Gasteiger partial charge on any atom is -0.390 e. The largest absolute Gasteiger partial charge is 0.416 e. The number of rotatable bonds is 4. The van der Waals surface area contributed by atoms with Crippen LogP contribution >= 0.6 is 0 Å². The molecule has 0 spiro atoms. The Hall–Kier alpha value is -1.03. The van der Waals surface area contributed by atoms with Crippen molar-refractivity contribution in [1.29, 1.82) is 0 Å². The first kappa shape index (κ1) is 14.0. The molecule has 0 aliphatic heterocycles. The number of aliphatic hydroxyl groups is 1. The van der Waals surface area contributed by atoms with Crippen LogP contribution in [0.4, 0.5) is 13.2 Å². The van der Waals surface area contributed by atoms with Gasteiger partial charge in [0.2, 0.25) is 0 Å². The summed E-state index contributed by atoms with van der Waals surface area (Å²) in [6.45, 7) is 3.66. The minimum absolute atomic E-state index is 0.254. The van der Waals surface area contributed by atoms with Crippen LogP contribution in [0.5, 0.6) is 0 Å². The van der Waals surface area contributed by atoms with Gasteiger partial charge in [-0.05, 0) is 24.5 Å². The highest BCUT2D eigenvalue weighted by Gasteiger charge is 2.31. The summed E-state index contributed by atoms with van der Waals surface area (Å²) in [4.78, 5) is 0. The maximum absolute atomic E-state index is 12.5. The molecule has 0 saturated carbocycles. The number of alkyl halides is 3. The summed E-state index contributed by atoms with van der Waals surface area (Å²) in [7, 11) is 0. The van der Waals surface area contributed by atoms with E-state index in [-0.39, 0.29) is 6.42 Å². The van der Waals surface area contributed by atoms with Gasteiger partial charge in [0.05, 0.1) is 11.2 Å². The summed E-state index contributed by atoms with van der Waals surface area (Å²) in [5.74, 6) is 0. The van der Waals surface area contributed by atoms with Gasteiger partial charge in [-0.15, -0.1) is 0 Å². The van der Waals surface area contributed by atoms with Gasteiger partial charge in [0.25, 0.3) is 0 Å². The molecule has 0 aliphatic carbocycles. The van der Waals surface area contributed by atoms with Crippen LogP contribution in [-0.4, -0.2) is 10.7 Å². The van der Waals surface area contributed by atoms with E-state index in [1.54, 1.807) is 6.07 Å². The van der Waals surface area contributed by atoms with E-state index in [4.69, 9.17) is 0 Å². The molecular formula is C13H17F3O. The summed E-state index contributed by atoms with van der Waals surface area (Å²) in [5, 5.41) is 10.1. The van der Waals surface area contributed by atoms with Crippen molar-refractivity contribution < 1.29 is 18.3 Å². The highest BCUT2D eigenvalue weighted by Crippen LogP contribution is 2.30. The average molecular weight is 246 g/mol. The first-order valence-electron chi connectivity index (χ1n) is 5.69. The lowest BCUT2D eigenvalue weighted by Gasteiger charge is -2.25. The van der Waals surface area contributed by atoms with E-state index in [2.05, 4.69) is 0 Å². The maximum Gasteiger partial charge on any atom is 0.416 e. The van der Waals surface area contributed by atoms with Crippen molar-refractivity contribution in [3.8, 4) is 0 Å². The van der Waals surface area contributed by atoms with E-state index in [1.165, 1.54) is 6.07 Å². The van der Waals surface area contributed by atoms with Gasteiger partial charge in [-0.1, -0.05) is 32.0 Å². The Morgan fingerprint density at radius 3 is 2.18 bits per heavy atom. The van der Waals surface area contributed by atoms with E-state index in [0.29, 0.717) is 18.4 Å². The van der Waals surface area contributed by atoms with Gasteiger partial charge in [-0.2, -0.15) is 13.2 Å². The van der Waals surface area contributed by atoms with Crippen molar-refractivity contribution in [2.75, 3.05) is 0 Å². The van der Waals surface area contributed by atoms with Gasteiger partial charge < -0.3 is 5.11 Å². The molecule has 1 rings (SSSR count). The van der Waals surface area contributed by atoms with Gasteiger partial charge in [0.1, 0.15) is 0 Å². The Balaban J connectivity index is 2.93. The Labute approximate surface area is 99.3 Å². The van der Waals surface area contributed by atoms with E-state index >= 15 is 0 Å².